The summed E-state index contributed by atoms with van der Waals surface area (Å²) in [6, 6.07) is 24.3. The van der Waals surface area contributed by atoms with E-state index >= 15 is 0 Å². The molecule has 2 unspecified atom stereocenters. The average Bonchev–Trinajstić information content (AvgIpc) is 1.35. The third kappa shape index (κ3) is 26.0. The van der Waals surface area contributed by atoms with Crippen LogP contribution in [0.4, 0.5) is 0 Å². The number of rotatable bonds is 33. The summed E-state index contributed by atoms with van der Waals surface area (Å²) in [4.78, 5) is 75.7. The van der Waals surface area contributed by atoms with Crippen molar-refractivity contribution in [2.24, 2.45) is 29.2 Å². The molecule has 6 aromatic rings. The molecule has 0 bridgehead atoms. The number of amides is 4. The Kier molecular flexibility index (Phi) is 30.7. The largest absolute Gasteiger partial charge is 0.462 e. The van der Waals surface area contributed by atoms with E-state index in [-0.39, 0.29) is 60.0 Å². The summed E-state index contributed by atoms with van der Waals surface area (Å²) in [5, 5.41) is 28.1. The van der Waals surface area contributed by atoms with Crippen LogP contribution >= 0.6 is 0 Å². The Morgan fingerprint density at radius 1 is 0.594 bits per heavy atom. The molecule has 0 saturated heterocycles. The van der Waals surface area contributed by atoms with Crippen molar-refractivity contribution in [3.63, 3.8) is 0 Å². The lowest BCUT2D eigenvalue weighted by Gasteiger charge is -2.31. The molecule has 7 saturated carbocycles. The zero-order valence-electron chi connectivity index (χ0n) is 63.2. The monoisotopic (exact) mass is 1460 g/mol. The van der Waals surface area contributed by atoms with Crippen molar-refractivity contribution in [3.05, 3.63) is 141 Å². The molecule has 0 spiro atoms. The number of ketones is 1. The van der Waals surface area contributed by atoms with Crippen molar-refractivity contribution in [1.82, 2.24) is 46.8 Å². The first-order valence-electron chi connectivity index (χ1n) is 39.5. The van der Waals surface area contributed by atoms with Gasteiger partial charge in [0, 0.05) is 92.5 Å². The Bertz CT molecular complexity index is 3830. The number of benzene rings is 2. The summed E-state index contributed by atoms with van der Waals surface area (Å²) in [5.41, 5.74) is 16.5. The normalized spacial score (nSPS) is 18.7. The van der Waals surface area contributed by atoms with E-state index in [2.05, 4.69) is 115 Å². The second-order valence-electron chi connectivity index (χ2n) is 31.0. The Hall–Kier alpha value is -8.30. The van der Waals surface area contributed by atoms with Crippen LogP contribution in [0.15, 0.2) is 90.9 Å². The molecule has 574 valence electrons. The van der Waals surface area contributed by atoms with Gasteiger partial charge in [-0.1, -0.05) is 127 Å². The highest BCUT2D eigenvalue weighted by Crippen LogP contribution is 2.44. The number of nitrogens with one attached hydrogen (secondary N) is 4. The minimum atomic E-state index is -0.453. The molecular formula is C83H115N11O12. The first-order valence-corrected chi connectivity index (χ1v) is 39.5. The van der Waals surface area contributed by atoms with Gasteiger partial charge in [0.2, 0.25) is 5.91 Å². The van der Waals surface area contributed by atoms with E-state index in [4.69, 9.17) is 39.0 Å². The number of ether oxygens (including phenoxy) is 2. The van der Waals surface area contributed by atoms with E-state index in [9.17, 15) is 28.8 Å². The van der Waals surface area contributed by atoms with E-state index in [1.165, 1.54) is 62.5 Å². The van der Waals surface area contributed by atoms with Crippen LogP contribution < -0.4 is 32.7 Å². The molecule has 2 aromatic carbocycles. The number of esters is 1. The van der Waals surface area contributed by atoms with Gasteiger partial charge in [0.1, 0.15) is 41.4 Å². The predicted molar refractivity (Wildman–Crippen MR) is 402 cm³/mol. The molecule has 0 radical (unpaired) electrons. The van der Waals surface area contributed by atoms with E-state index in [1.54, 1.807) is 12.1 Å². The minimum Gasteiger partial charge on any atom is -0.462 e. The van der Waals surface area contributed by atoms with Gasteiger partial charge < -0.3 is 65.2 Å². The fourth-order valence-corrected chi connectivity index (χ4v) is 14.4. The molecule has 7 aliphatic rings. The zero-order chi connectivity index (χ0) is 74.8. The molecule has 8 N–H and O–H groups in total. The molecular weight excluding hydrogens is 1340 g/mol. The molecule has 4 aromatic heterocycles. The van der Waals surface area contributed by atoms with E-state index in [0.717, 1.165) is 150 Å². The lowest BCUT2D eigenvalue weighted by Crippen LogP contribution is -2.45. The third-order valence-corrected chi connectivity index (χ3v) is 21.2. The van der Waals surface area contributed by atoms with Crippen molar-refractivity contribution >= 4 is 35.4 Å². The SMILES string of the molecule is CC#CCOCc1cccc(C(NC(=O)c2cc(C3CC3)on2)C2CCCCC2)c1.CC(C)(CCNC(=O)CCN)NC(=O)c1cc(C2CC2)on1.CCCCN(C)Cc1cccc(C(NC(=O)c2cc(C3CC3)on2)C2CCCCC2)c1.NCCC(=O)OC1CCC(CC(=O)c2cc(C3CC3)on2)CC1. The van der Waals surface area contributed by atoms with Gasteiger partial charge in [-0.15, -0.1) is 5.92 Å². The highest BCUT2D eigenvalue weighted by atomic mass is 16.5. The van der Waals surface area contributed by atoms with Crippen LogP contribution in [0.2, 0.25) is 0 Å². The molecule has 23 heteroatoms. The maximum Gasteiger partial charge on any atom is 0.307 e. The van der Waals surface area contributed by atoms with Gasteiger partial charge >= 0.3 is 5.97 Å². The average molecular weight is 1460 g/mol. The maximum absolute atomic E-state index is 13.1. The van der Waals surface area contributed by atoms with Crippen LogP contribution in [0.25, 0.3) is 0 Å². The smallest absolute Gasteiger partial charge is 0.307 e. The Morgan fingerprint density at radius 3 is 1.55 bits per heavy atom. The number of hydrogen-bond acceptors (Lipinski definition) is 19. The highest BCUT2D eigenvalue weighted by molar-refractivity contribution is 5.95. The Balaban J connectivity index is 0.000000153. The fraction of sp³-hybridized carbons (Fsp3) is 0.614. The summed E-state index contributed by atoms with van der Waals surface area (Å²) in [5.74, 6) is 11.4. The number of unbranched alkanes of at least 4 members (excludes halogenated alkanes) is 1. The second-order valence-corrected chi connectivity index (χ2v) is 31.0. The number of Topliss-reactive ketones (excluding diaryl/α,β-unsaturated/α-hetero) is 1. The quantitative estimate of drug-likeness (QED) is 0.00965. The summed E-state index contributed by atoms with van der Waals surface area (Å²) < 4.78 is 32.3. The molecule has 13 rings (SSSR count). The van der Waals surface area contributed by atoms with Crippen molar-refractivity contribution < 1.29 is 56.3 Å². The maximum atomic E-state index is 13.1. The number of hydrogen-bond donors (Lipinski definition) is 6. The molecule has 4 heterocycles. The molecule has 23 nitrogen and oxygen atoms in total. The Morgan fingerprint density at radius 2 is 1.07 bits per heavy atom. The topological polar surface area (TPSA) is 328 Å². The van der Waals surface area contributed by atoms with E-state index in [1.807, 2.05) is 39.0 Å². The molecule has 4 amide bonds. The van der Waals surface area contributed by atoms with Gasteiger partial charge in [0.15, 0.2) is 22.9 Å². The Labute approximate surface area is 625 Å². The predicted octanol–water partition coefficient (Wildman–Crippen LogP) is 14.5. The summed E-state index contributed by atoms with van der Waals surface area (Å²) in [7, 11) is 2.19. The van der Waals surface area contributed by atoms with Crippen LogP contribution in [-0.4, -0.2) is 112 Å². The first-order chi connectivity index (χ1) is 51.4. The van der Waals surface area contributed by atoms with Gasteiger partial charge in [-0.25, -0.2) is 0 Å². The number of carbonyl (C=O) groups excluding carboxylic acids is 6. The number of carbonyl (C=O) groups is 6. The van der Waals surface area contributed by atoms with Crippen molar-refractivity contribution in [3.8, 4) is 11.8 Å². The standard InChI is InChI=1S/C26H37N3O2.C25H30N2O3.C17H24N2O4.C15H24N4O3/c1-3-4-15-29(2)18-19-9-8-12-22(16-19)25(21-10-6-5-7-11-21)27-26(30)23-17-24(31-28-23)20-13-14-20;1-2-3-14-29-17-18-8-7-11-21(15-18)24(20-9-5-4-6-10-20)26-25(28)22-16-23(30-27-22)19-12-13-19;18-8-7-17(21)22-13-5-1-11(2-6-13)9-15(20)14-10-16(23-19-14)12-3-4-12;1-15(2,6-8-17-13(20)5-7-16)18-14(21)11-9-12(22-19-11)10-3-4-10/h8-9,12,16-17,20-21,25H,3-7,10-11,13-15,18H2,1-2H3,(H,27,30);7-8,11,15-16,19-20,24H,4-6,9-10,12-14,17H2,1H3,(H,26,28);10-13H,1-9,18H2;9-10H,3-8,16H2,1-2H3,(H,17,20)(H,18,21). The second kappa shape index (κ2) is 40.6. The van der Waals surface area contributed by atoms with Crippen LogP contribution in [-0.2, 0) is 32.2 Å². The van der Waals surface area contributed by atoms with Crippen LogP contribution in [0.3, 0.4) is 0 Å². The lowest BCUT2D eigenvalue weighted by atomic mass is 9.80. The minimum absolute atomic E-state index is 0.0195. The molecule has 7 fully saturated rings. The molecule has 106 heavy (non-hydrogen) atoms. The van der Waals surface area contributed by atoms with Gasteiger partial charge in [-0.3, -0.25) is 28.8 Å². The zero-order valence-corrected chi connectivity index (χ0v) is 63.2. The summed E-state index contributed by atoms with van der Waals surface area (Å²) >= 11 is 0. The van der Waals surface area contributed by atoms with E-state index < -0.39 is 5.54 Å². The first kappa shape index (κ1) is 80.2. The lowest BCUT2D eigenvalue weighted by molar-refractivity contribution is -0.150. The molecule has 0 aliphatic heterocycles. The van der Waals surface area contributed by atoms with E-state index in [0.29, 0.717) is 116 Å². The third-order valence-electron chi connectivity index (χ3n) is 21.2. The van der Waals surface area contributed by atoms with Gasteiger partial charge in [-0.2, -0.15) is 0 Å². The van der Waals surface area contributed by atoms with Gasteiger partial charge in [0.05, 0.1) is 25.1 Å². The van der Waals surface area contributed by atoms with Crippen molar-refractivity contribution in [2.45, 2.75) is 268 Å². The van der Waals surface area contributed by atoms with Crippen molar-refractivity contribution in [1.29, 1.82) is 0 Å². The number of nitrogens with zero attached hydrogens (tertiary/aromatic N) is 5. The highest BCUT2D eigenvalue weighted by Gasteiger charge is 2.36. The van der Waals surface area contributed by atoms with Gasteiger partial charge in [-0.05, 0) is 190 Å². The van der Waals surface area contributed by atoms with Crippen LogP contribution in [0, 0.1) is 29.6 Å². The number of aromatic nitrogens is 4. The van der Waals surface area contributed by atoms with Crippen LogP contribution in [0.5, 0.6) is 0 Å². The summed E-state index contributed by atoms with van der Waals surface area (Å²) in [6.07, 6.45) is 28.6. The molecule has 7 aliphatic carbocycles. The number of nitrogens with two attached hydrogens (primary N) is 2. The molecule has 2 atom stereocenters. The fourth-order valence-electron chi connectivity index (χ4n) is 14.4. The van der Waals surface area contributed by atoms with Gasteiger partial charge in [0.25, 0.3) is 17.7 Å². The summed E-state index contributed by atoms with van der Waals surface area (Å²) in [6.45, 7) is 12.0. The van der Waals surface area contributed by atoms with Crippen molar-refractivity contribution in [2.75, 3.05) is 39.8 Å². The van der Waals surface area contributed by atoms with Crippen LogP contribution in [0.1, 0.15) is 330 Å².